The fourth-order valence-corrected chi connectivity index (χ4v) is 2.72. The molecule has 26 heavy (non-hydrogen) atoms. The molecule has 0 saturated carbocycles. The maximum Gasteiger partial charge on any atom is 0.409 e. The molecule has 0 bridgehead atoms. The molecule has 2 N–H and O–H groups in total. The van der Waals surface area contributed by atoms with Crippen molar-refractivity contribution in [2.45, 2.75) is 39.2 Å². The van der Waals surface area contributed by atoms with Crippen LogP contribution in [0.2, 0.25) is 0 Å². The second-order valence-electron chi connectivity index (χ2n) is 6.12. The van der Waals surface area contributed by atoms with Crippen molar-refractivity contribution in [3.8, 4) is 0 Å². The molecule has 1 aromatic heterocycles. The van der Waals surface area contributed by atoms with Crippen molar-refractivity contribution in [1.82, 2.24) is 20.5 Å². The summed E-state index contributed by atoms with van der Waals surface area (Å²) in [5.41, 5.74) is 0.623. The summed E-state index contributed by atoms with van der Waals surface area (Å²) >= 11 is 0. The number of piperidine rings is 1. The van der Waals surface area contributed by atoms with Crippen LogP contribution < -0.4 is 10.6 Å². The number of pyridine rings is 1. The molecular weight excluding hydrogens is 336 g/mol. The van der Waals surface area contributed by atoms with Gasteiger partial charge in [0.15, 0.2) is 0 Å². The van der Waals surface area contributed by atoms with E-state index in [0.717, 1.165) is 6.42 Å². The molecule has 1 aliphatic rings. The van der Waals surface area contributed by atoms with Crippen LogP contribution in [-0.4, -0.2) is 60.1 Å². The molecule has 2 heterocycles. The van der Waals surface area contributed by atoms with Crippen molar-refractivity contribution in [2.75, 3.05) is 26.2 Å². The van der Waals surface area contributed by atoms with Crippen molar-refractivity contribution in [2.24, 2.45) is 0 Å². The summed E-state index contributed by atoms with van der Waals surface area (Å²) < 4.78 is 4.98. The quantitative estimate of drug-likeness (QED) is 0.800. The normalized spacial score (nSPS) is 14.6. The van der Waals surface area contributed by atoms with E-state index in [-0.39, 0.29) is 29.6 Å². The highest BCUT2D eigenvalue weighted by molar-refractivity contribution is 5.98. The van der Waals surface area contributed by atoms with Gasteiger partial charge >= 0.3 is 6.09 Å². The molecule has 8 heteroatoms. The van der Waals surface area contributed by atoms with E-state index in [9.17, 15) is 14.4 Å². The SMILES string of the molecule is CCCNC(=O)c1ccnc(C(=O)NC2CCN(C(=O)OCC)CC2)c1. The van der Waals surface area contributed by atoms with Gasteiger partial charge < -0.3 is 20.3 Å². The zero-order valence-electron chi connectivity index (χ0n) is 15.3. The minimum Gasteiger partial charge on any atom is -0.450 e. The summed E-state index contributed by atoms with van der Waals surface area (Å²) in [7, 11) is 0. The summed E-state index contributed by atoms with van der Waals surface area (Å²) in [6.45, 7) is 5.76. The predicted octanol–water partition coefficient (Wildman–Crippen LogP) is 1.57. The minimum atomic E-state index is -0.315. The monoisotopic (exact) mass is 362 g/mol. The van der Waals surface area contributed by atoms with Crippen LogP contribution in [0.3, 0.4) is 0 Å². The Hall–Kier alpha value is -2.64. The molecule has 1 saturated heterocycles. The van der Waals surface area contributed by atoms with Crippen molar-refractivity contribution in [3.63, 3.8) is 0 Å². The van der Waals surface area contributed by atoms with Gasteiger partial charge in [-0.15, -0.1) is 0 Å². The Kier molecular flexibility index (Phi) is 7.37. The number of likely N-dealkylation sites (tertiary alicyclic amines) is 1. The smallest absolute Gasteiger partial charge is 0.409 e. The minimum absolute atomic E-state index is 0.0347. The molecule has 3 amide bonds. The zero-order chi connectivity index (χ0) is 18.9. The van der Waals surface area contributed by atoms with Gasteiger partial charge in [0.25, 0.3) is 11.8 Å². The molecule has 0 unspecified atom stereocenters. The second-order valence-corrected chi connectivity index (χ2v) is 6.12. The van der Waals surface area contributed by atoms with Gasteiger partial charge in [0.2, 0.25) is 0 Å². The van der Waals surface area contributed by atoms with Gasteiger partial charge in [-0.05, 0) is 38.3 Å². The maximum absolute atomic E-state index is 12.4. The highest BCUT2D eigenvalue weighted by Gasteiger charge is 2.25. The van der Waals surface area contributed by atoms with Crippen LogP contribution in [0.1, 0.15) is 54.0 Å². The largest absolute Gasteiger partial charge is 0.450 e. The number of carbonyl (C=O) groups excluding carboxylic acids is 3. The van der Waals surface area contributed by atoms with E-state index >= 15 is 0 Å². The van der Waals surface area contributed by atoms with Crippen molar-refractivity contribution in [1.29, 1.82) is 0 Å². The van der Waals surface area contributed by atoms with E-state index < -0.39 is 0 Å². The molecule has 2 rings (SSSR count). The highest BCUT2D eigenvalue weighted by atomic mass is 16.6. The van der Waals surface area contributed by atoms with Gasteiger partial charge in [-0.3, -0.25) is 14.6 Å². The summed E-state index contributed by atoms with van der Waals surface area (Å²) in [5.74, 6) is -0.532. The first-order valence-corrected chi connectivity index (χ1v) is 9.02. The number of hydrogen-bond acceptors (Lipinski definition) is 5. The first-order chi connectivity index (χ1) is 12.5. The Morgan fingerprint density at radius 2 is 1.96 bits per heavy atom. The number of nitrogens with one attached hydrogen (secondary N) is 2. The molecular formula is C18H26N4O4. The molecule has 0 spiro atoms. The standard InChI is InChI=1S/C18H26N4O4/c1-3-8-20-16(23)13-5-9-19-15(12-13)17(24)21-14-6-10-22(11-7-14)18(25)26-4-2/h5,9,12,14H,3-4,6-8,10-11H2,1-2H3,(H,20,23)(H,21,24). The van der Waals surface area contributed by atoms with E-state index in [1.165, 1.54) is 12.3 Å². The molecule has 0 aromatic carbocycles. The summed E-state index contributed by atoms with van der Waals surface area (Å²) in [6.07, 6.45) is 3.29. The zero-order valence-corrected chi connectivity index (χ0v) is 15.3. The van der Waals surface area contributed by atoms with Gasteiger partial charge in [0.05, 0.1) is 6.61 Å². The lowest BCUT2D eigenvalue weighted by Gasteiger charge is -2.31. The van der Waals surface area contributed by atoms with Crippen molar-refractivity contribution >= 4 is 17.9 Å². The molecule has 0 atom stereocenters. The number of ether oxygens (including phenoxy) is 1. The highest BCUT2D eigenvalue weighted by Crippen LogP contribution is 2.12. The Labute approximate surface area is 153 Å². The van der Waals surface area contributed by atoms with Crippen molar-refractivity contribution in [3.05, 3.63) is 29.6 Å². The van der Waals surface area contributed by atoms with E-state index in [1.807, 2.05) is 6.92 Å². The van der Waals surface area contributed by atoms with E-state index in [1.54, 1.807) is 17.9 Å². The van der Waals surface area contributed by atoms with Gasteiger partial charge in [0, 0.05) is 37.4 Å². The van der Waals surface area contributed by atoms with Crippen LogP contribution in [-0.2, 0) is 4.74 Å². The van der Waals surface area contributed by atoms with Crippen LogP contribution in [0.15, 0.2) is 18.3 Å². The van der Waals surface area contributed by atoms with Crippen LogP contribution in [0.4, 0.5) is 4.79 Å². The first kappa shape index (κ1) is 19.7. The molecule has 0 aliphatic carbocycles. The first-order valence-electron chi connectivity index (χ1n) is 9.02. The molecule has 1 aromatic rings. The lowest BCUT2D eigenvalue weighted by molar-refractivity contribution is 0.0856. The van der Waals surface area contributed by atoms with Gasteiger partial charge in [0.1, 0.15) is 5.69 Å². The molecule has 0 radical (unpaired) electrons. The molecule has 142 valence electrons. The van der Waals surface area contributed by atoms with E-state index in [2.05, 4.69) is 15.6 Å². The lowest BCUT2D eigenvalue weighted by Crippen LogP contribution is -2.46. The van der Waals surface area contributed by atoms with Crippen molar-refractivity contribution < 1.29 is 19.1 Å². The van der Waals surface area contributed by atoms with Crippen LogP contribution >= 0.6 is 0 Å². The van der Waals surface area contributed by atoms with Gasteiger partial charge in [-0.2, -0.15) is 0 Å². The Bertz CT molecular complexity index is 642. The fraction of sp³-hybridized carbons (Fsp3) is 0.556. The maximum atomic E-state index is 12.4. The number of nitrogens with zero attached hydrogens (tertiary/aromatic N) is 2. The van der Waals surface area contributed by atoms with Gasteiger partial charge in [-0.1, -0.05) is 6.92 Å². The van der Waals surface area contributed by atoms with Crippen LogP contribution in [0.5, 0.6) is 0 Å². The van der Waals surface area contributed by atoms with E-state index in [4.69, 9.17) is 4.74 Å². The van der Waals surface area contributed by atoms with E-state index in [0.29, 0.717) is 44.6 Å². The average Bonchev–Trinajstić information content (AvgIpc) is 2.67. The fourth-order valence-electron chi connectivity index (χ4n) is 2.72. The summed E-state index contributed by atoms with van der Waals surface area (Å²) in [6, 6.07) is 3.04. The summed E-state index contributed by atoms with van der Waals surface area (Å²) in [4.78, 5) is 41.8. The molecule has 1 aliphatic heterocycles. The average molecular weight is 362 g/mol. The second kappa shape index (κ2) is 9.74. The predicted molar refractivity (Wildman–Crippen MR) is 95.9 cm³/mol. The summed E-state index contributed by atoms with van der Waals surface area (Å²) in [5, 5.41) is 5.70. The number of aromatic nitrogens is 1. The van der Waals surface area contributed by atoms with Crippen LogP contribution in [0, 0.1) is 0 Å². The van der Waals surface area contributed by atoms with Gasteiger partial charge in [-0.25, -0.2) is 4.79 Å². The lowest BCUT2D eigenvalue weighted by atomic mass is 10.1. The molecule has 1 fully saturated rings. The van der Waals surface area contributed by atoms with Crippen LogP contribution in [0.25, 0.3) is 0 Å². The number of amides is 3. The third-order valence-corrected chi connectivity index (χ3v) is 4.15. The number of carbonyl (C=O) groups is 3. The Morgan fingerprint density at radius 3 is 2.62 bits per heavy atom. The number of hydrogen-bond donors (Lipinski definition) is 2. The molecule has 8 nitrogen and oxygen atoms in total. The third kappa shape index (κ3) is 5.44. The topological polar surface area (TPSA) is 101 Å². The third-order valence-electron chi connectivity index (χ3n) is 4.15. The Morgan fingerprint density at radius 1 is 1.23 bits per heavy atom. The number of rotatable bonds is 6. The Balaban J connectivity index is 1.88.